The molecule has 0 saturated heterocycles. The lowest BCUT2D eigenvalue weighted by atomic mass is 10.2. The van der Waals surface area contributed by atoms with Crippen LogP contribution in [0.3, 0.4) is 0 Å². The molecule has 0 aliphatic carbocycles. The largest absolute Gasteiger partial charge is 0.461 e. The van der Waals surface area contributed by atoms with Gasteiger partial charge in [-0.25, -0.2) is 4.79 Å². The van der Waals surface area contributed by atoms with Gasteiger partial charge in [0.05, 0.1) is 18.1 Å². The number of amides is 3. The lowest BCUT2D eigenvalue weighted by Crippen LogP contribution is -2.45. The van der Waals surface area contributed by atoms with Gasteiger partial charge in [0.1, 0.15) is 0 Å². The molecule has 0 radical (unpaired) electrons. The summed E-state index contributed by atoms with van der Waals surface area (Å²) < 4.78 is 7.39. The van der Waals surface area contributed by atoms with E-state index in [0.29, 0.717) is 23.3 Å². The SMILES string of the molecule is CC(C)NC(=O)NC(=O)[C@H](C)Sc1nnc(-c2ccco2)n1Cc1ccccc1. The van der Waals surface area contributed by atoms with Gasteiger partial charge < -0.3 is 9.73 Å². The molecule has 0 fully saturated rings. The van der Waals surface area contributed by atoms with Crippen molar-refractivity contribution in [3.8, 4) is 11.6 Å². The minimum absolute atomic E-state index is 0.0596. The maximum Gasteiger partial charge on any atom is 0.321 e. The minimum atomic E-state index is -0.545. The molecular formula is C20H23N5O3S. The first-order chi connectivity index (χ1) is 13.9. The summed E-state index contributed by atoms with van der Waals surface area (Å²) in [5.74, 6) is 0.766. The Bertz CT molecular complexity index is 954. The molecule has 1 atom stereocenters. The number of nitrogens with one attached hydrogen (secondary N) is 2. The Balaban J connectivity index is 1.79. The number of furan rings is 1. The first-order valence-electron chi connectivity index (χ1n) is 9.23. The van der Waals surface area contributed by atoms with Crippen LogP contribution < -0.4 is 10.6 Å². The van der Waals surface area contributed by atoms with Crippen molar-refractivity contribution < 1.29 is 14.0 Å². The Hall–Kier alpha value is -3.07. The van der Waals surface area contributed by atoms with Crippen molar-refractivity contribution in [1.82, 2.24) is 25.4 Å². The van der Waals surface area contributed by atoms with E-state index < -0.39 is 17.2 Å². The van der Waals surface area contributed by atoms with Crippen molar-refractivity contribution in [2.75, 3.05) is 0 Å². The smallest absolute Gasteiger partial charge is 0.321 e. The van der Waals surface area contributed by atoms with E-state index in [0.717, 1.165) is 5.56 Å². The predicted molar refractivity (Wildman–Crippen MR) is 110 cm³/mol. The minimum Gasteiger partial charge on any atom is -0.461 e. The molecule has 2 heterocycles. The first-order valence-corrected chi connectivity index (χ1v) is 10.1. The number of nitrogens with zero attached hydrogens (tertiary/aromatic N) is 3. The summed E-state index contributed by atoms with van der Waals surface area (Å²) in [4.78, 5) is 24.2. The number of carbonyl (C=O) groups is 2. The zero-order valence-electron chi connectivity index (χ0n) is 16.5. The third-order valence-corrected chi connectivity index (χ3v) is 5.03. The fraction of sp³-hybridized carbons (Fsp3) is 0.300. The fourth-order valence-electron chi connectivity index (χ4n) is 2.60. The molecule has 3 rings (SSSR count). The maximum atomic E-state index is 12.4. The molecule has 152 valence electrons. The number of urea groups is 1. The number of imide groups is 1. The van der Waals surface area contributed by atoms with Gasteiger partial charge in [-0.2, -0.15) is 0 Å². The summed E-state index contributed by atoms with van der Waals surface area (Å²) in [5.41, 5.74) is 1.07. The third kappa shape index (κ3) is 5.47. The van der Waals surface area contributed by atoms with E-state index in [2.05, 4.69) is 20.8 Å². The Morgan fingerprint density at radius 2 is 1.86 bits per heavy atom. The fourth-order valence-corrected chi connectivity index (χ4v) is 3.44. The van der Waals surface area contributed by atoms with Gasteiger partial charge in [0.2, 0.25) is 11.7 Å². The number of thioether (sulfide) groups is 1. The van der Waals surface area contributed by atoms with Gasteiger partial charge in [0, 0.05) is 6.04 Å². The highest BCUT2D eigenvalue weighted by molar-refractivity contribution is 8.00. The van der Waals surface area contributed by atoms with Gasteiger partial charge in [0.15, 0.2) is 10.9 Å². The molecule has 1 aromatic carbocycles. The zero-order chi connectivity index (χ0) is 20.8. The summed E-state index contributed by atoms with van der Waals surface area (Å²) in [6, 6.07) is 12.9. The zero-order valence-corrected chi connectivity index (χ0v) is 17.3. The van der Waals surface area contributed by atoms with Crippen LogP contribution in [0.5, 0.6) is 0 Å². The molecule has 0 aliphatic heterocycles. The van der Waals surface area contributed by atoms with E-state index in [4.69, 9.17) is 4.42 Å². The van der Waals surface area contributed by atoms with Crippen LogP contribution >= 0.6 is 11.8 Å². The van der Waals surface area contributed by atoms with Crippen LogP contribution in [0.25, 0.3) is 11.6 Å². The van der Waals surface area contributed by atoms with Crippen LogP contribution in [0, 0.1) is 0 Å². The Morgan fingerprint density at radius 1 is 1.10 bits per heavy atom. The average molecular weight is 414 g/mol. The van der Waals surface area contributed by atoms with E-state index in [9.17, 15) is 9.59 Å². The Kier molecular flexibility index (Phi) is 6.71. The van der Waals surface area contributed by atoms with Crippen LogP contribution in [-0.4, -0.2) is 38.0 Å². The van der Waals surface area contributed by atoms with Crippen LogP contribution in [0.1, 0.15) is 26.3 Å². The molecular weight excluding hydrogens is 390 g/mol. The van der Waals surface area contributed by atoms with E-state index in [1.54, 1.807) is 19.3 Å². The Morgan fingerprint density at radius 3 is 2.52 bits per heavy atom. The van der Waals surface area contributed by atoms with Crippen LogP contribution in [0.15, 0.2) is 58.3 Å². The number of rotatable bonds is 7. The average Bonchev–Trinajstić information content (AvgIpc) is 3.32. The molecule has 3 aromatic rings. The summed E-state index contributed by atoms with van der Waals surface area (Å²) in [5, 5.41) is 13.5. The van der Waals surface area contributed by atoms with Crippen molar-refractivity contribution in [2.24, 2.45) is 0 Å². The third-order valence-electron chi connectivity index (χ3n) is 3.95. The number of carbonyl (C=O) groups excluding carboxylic acids is 2. The molecule has 3 amide bonds. The molecule has 2 N–H and O–H groups in total. The molecule has 2 aromatic heterocycles. The second-order valence-corrected chi connectivity index (χ2v) is 8.04. The summed E-state index contributed by atoms with van der Waals surface area (Å²) in [7, 11) is 0. The number of aromatic nitrogens is 3. The molecule has 0 saturated carbocycles. The van der Waals surface area contributed by atoms with Crippen molar-refractivity contribution in [2.45, 2.75) is 43.8 Å². The summed E-state index contributed by atoms with van der Waals surface area (Å²) in [6.45, 7) is 5.89. The maximum absolute atomic E-state index is 12.4. The van der Waals surface area contributed by atoms with Gasteiger partial charge in [-0.15, -0.1) is 10.2 Å². The molecule has 0 bridgehead atoms. The van der Waals surface area contributed by atoms with Gasteiger partial charge in [-0.3, -0.25) is 14.7 Å². The van der Waals surface area contributed by atoms with Gasteiger partial charge >= 0.3 is 6.03 Å². The van der Waals surface area contributed by atoms with Crippen molar-refractivity contribution in [1.29, 1.82) is 0 Å². The van der Waals surface area contributed by atoms with Crippen molar-refractivity contribution >= 4 is 23.7 Å². The number of hydrogen-bond donors (Lipinski definition) is 2. The topological polar surface area (TPSA) is 102 Å². The second kappa shape index (κ2) is 9.42. The predicted octanol–water partition coefficient (Wildman–Crippen LogP) is 3.30. The standard InChI is InChI=1S/C20H23N5O3S/c1-13(2)21-19(27)22-18(26)14(3)29-20-24-23-17(16-10-7-11-28-16)25(20)12-15-8-5-4-6-9-15/h4-11,13-14H,12H2,1-3H3,(H2,21,22,26,27)/t14-/m0/s1. The number of hydrogen-bond acceptors (Lipinski definition) is 6. The van der Waals surface area contributed by atoms with Crippen molar-refractivity contribution in [3.63, 3.8) is 0 Å². The van der Waals surface area contributed by atoms with E-state index in [1.807, 2.05) is 54.8 Å². The first kappa shape index (κ1) is 20.7. The lowest BCUT2D eigenvalue weighted by molar-refractivity contribution is -0.119. The summed E-state index contributed by atoms with van der Waals surface area (Å²) >= 11 is 1.23. The van der Waals surface area contributed by atoms with Crippen LogP contribution in [0.2, 0.25) is 0 Å². The normalized spacial score (nSPS) is 12.0. The number of benzene rings is 1. The highest BCUT2D eigenvalue weighted by Crippen LogP contribution is 2.28. The molecule has 0 spiro atoms. The highest BCUT2D eigenvalue weighted by Gasteiger charge is 2.23. The quantitative estimate of drug-likeness (QED) is 0.576. The molecule has 0 aliphatic rings. The van der Waals surface area contributed by atoms with Crippen molar-refractivity contribution in [3.05, 3.63) is 54.3 Å². The van der Waals surface area contributed by atoms with Crippen LogP contribution in [-0.2, 0) is 11.3 Å². The summed E-state index contributed by atoms with van der Waals surface area (Å²) in [6.07, 6.45) is 1.58. The second-order valence-electron chi connectivity index (χ2n) is 6.73. The molecule has 9 heteroatoms. The molecule has 0 unspecified atom stereocenters. The van der Waals surface area contributed by atoms with E-state index in [1.165, 1.54) is 11.8 Å². The molecule has 29 heavy (non-hydrogen) atoms. The van der Waals surface area contributed by atoms with Crippen LogP contribution in [0.4, 0.5) is 4.79 Å². The van der Waals surface area contributed by atoms with E-state index in [-0.39, 0.29) is 6.04 Å². The Labute approximate surface area is 173 Å². The van der Waals surface area contributed by atoms with Gasteiger partial charge in [0.25, 0.3) is 0 Å². The lowest BCUT2D eigenvalue weighted by Gasteiger charge is -2.14. The van der Waals surface area contributed by atoms with Gasteiger partial charge in [-0.1, -0.05) is 42.1 Å². The molecule has 8 nitrogen and oxygen atoms in total. The van der Waals surface area contributed by atoms with Gasteiger partial charge in [-0.05, 0) is 38.5 Å². The monoisotopic (exact) mass is 413 g/mol. The highest BCUT2D eigenvalue weighted by atomic mass is 32.2. The van der Waals surface area contributed by atoms with E-state index >= 15 is 0 Å².